The summed E-state index contributed by atoms with van der Waals surface area (Å²) in [5, 5.41) is 3.63. The molecule has 0 radical (unpaired) electrons. The predicted molar refractivity (Wildman–Crippen MR) is 59.1 cm³/mol. The Morgan fingerprint density at radius 3 is 2.73 bits per heavy atom. The standard InChI is InChI=1S/C10H10ClNO2S/c11-7-1-2-8-9(5-7)15(13,14)10(3-4-10)6-12-8/h1-2,5,12H,3-4,6H2. The van der Waals surface area contributed by atoms with Gasteiger partial charge in [0.25, 0.3) is 0 Å². The lowest BCUT2D eigenvalue weighted by Crippen LogP contribution is -2.36. The van der Waals surface area contributed by atoms with E-state index in [2.05, 4.69) is 5.32 Å². The lowest BCUT2D eigenvalue weighted by molar-refractivity contribution is 0.576. The van der Waals surface area contributed by atoms with E-state index in [4.69, 9.17) is 11.6 Å². The maximum absolute atomic E-state index is 12.2. The average molecular weight is 244 g/mol. The quantitative estimate of drug-likeness (QED) is 0.759. The number of hydrogen-bond acceptors (Lipinski definition) is 3. The molecule has 0 unspecified atom stereocenters. The summed E-state index contributed by atoms with van der Waals surface area (Å²) in [7, 11) is -3.18. The molecule has 15 heavy (non-hydrogen) atoms. The SMILES string of the molecule is O=S1(=O)c2cc(Cl)ccc2NCC12CC2. The summed E-state index contributed by atoms with van der Waals surface area (Å²) in [6.45, 7) is 0.532. The fourth-order valence-electron chi connectivity index (χ4n) is 2.03. The molecule has 1 aliphatic heterocycles. The summed E-state index contributed by atoms with van der Waals surface area (Å²) < 4.78 is 23.9. The van der Waals surface area contributed by atoms with Crippen LogP contribution in [0.2, 0.25) is 5.02 Å². The third-order valence-electron chi connectivity index (χ3n) is 3.21. The topological polar surface area (TPSA) is 46.2 Å². The van der Waals surface area contributed by atoms with Gasteiger partial charge in [0.15, 0.2) is 9.84 Å². The average Bonchev–Trinajstić information content (AvgIpc) is 2.95. The van der Waals surface area contributed by atoms with E-state index >= 15 is 0 Å². The molecule has 1 aromatic carbocycles. The number of fused-ring (bicyclic) bond motifs is 1. The third-order valence-corrected chi connectivity index (χ3v) is 6.06. The molecule has 0 bridgehead atoms. The molecule has 0 amide bonds. The van der Waals surface area contributed by atoms with Gasteiger partial charge in [0.05, 0.1) is 15.3 Å². The first kappa shape index (κ1) is 9.48. The van der Waals surface area contributed by atoms with Crippen molar-refractivity contribution >= 4 is 27.1 Å². The molecule has 1 saturated carbocycles. The highest BCUT2D eigenvalue weighted by molar-refractivity contribution is 7.93. The van der Waals surface area contributed by atoms with Gasteiger partial charge in [0.2, 0.25) is 0 Å². The Bertz CT molecular complexity index is 534. The molecule has 2 aliphatic rings. The van der Waals surface area contributed by atoms with E-state index in [1.165, 1.54) is 0 Å². The van der Waals surface area contributed by atoms with Crippen LogP contribution in [0.1, 0.15) is 12.8 Å². The Balaban J connectivity index is 2.27. The Morgan fingerprint density at radius 1 is 1.33 bits per heavy atom. The van der Waals surface area contributed by atoms with Gasteiger partial charge in [0, 0.05) is 11.6 Å². The Labute approximate surface area is 93.4 Å². The molecule has 1 aliphatic carbocycles. The van der Waals surface area contributed by atoms with Gasteiger partial charge < -0.3 is 5.32 Å². The summed E-state index contributed by atoms with van der Waals surface area (Å²) in [6, 6.07) is 4.97. The van der Waals surface area contributed by atoms with Crippen molar-refractivity contribution in [3.63, 3.8) is 0 Å². The molecule has 80 valence electrons. The molecule has 1 N–H and O–H groups in total. The summed E-state index contributed by atoms with van der Waals surface area (Å²) in [6.07, 6.45) is 1.52. The van der Waals surface area contributed by atoms with Gasteiger partial charge in [0.1, 0.15) is 0 Å². The highest BCUT2D eigenvalue weighted by Crippen LogP contribution is 2.51. The molecular formula is C10H10ClNO2S. The maximum atomic E-state index is 12.2. The van der Waals surface area contributed by atoms with E-state index in [0.29, 0.717) is 22.2 Å². The predicted octanol–water partition coefficient (Wildman–Crippen LogP) is 2.07. The minimum absolute atomic E-state index is 0.360. The van der Waals surface area contributed by atoms with Crippen LogP contribution in [0.5, 0.6) is 0 Å². The first-order valence-electron chi connectivity index (χ1n) is 4.83. The zero-order valence-corrected chi connectivity index (χ0v) is 9.53. The van der Waals surface area contributed by atoms with Crippen LogP contribution in [0, 0.1) is 0 Å². The molecule has 5 heteroatoms. The minimum Gasteiger partial charge on any atom is -0.382 e. The number of benzene rings is 1. The highest BCUT2D eigenvalue weighted by Gasteiger charge is 2.57. The first-order valence-corrected chi connectivity index (χ1v) is 6.69. The molecule has 3 nitrogen and oxygen atoms in total. The Hall–Kier alpha value is -0.740. The van der Waals surface area contributed by atoms with Gasteiger partial charge in [-0.25, -0.2) is 8.42 Å². The highest BCUT2D eigenvalue weighted by atomic mass is 35.5. The zero-order chi connectivity index (χ0) is 10.7. The van der Waals surface area contributed by atoms with Gasteiger partial charge in [-0.2, -0.15) is 0 Å². The van der Waals surface area contributed by atoms with E-state index in [0.717, 1.165) is 12.8 Å². The van der Waals surface area contributed by atoms with Crippen molar-refractivity contribution in [1.29, 1.82) is 0 Å². The fraction of sp³-hybridized carbons (Fsp3) is 0.400. The van der Waals surface area contributed by atoms with Crippen molar-refractivity contribution in [3.8, 4) is 0 Å². The van der Waals surface area contributed by atoms with Gasteiger partial charge in [-0.1, -0.05) is 11.6 Å². The Morgan fingerprint density at radius 2 is 2.07 bits per heavy atom. The minimum atomic E-state index is -3.18. The molecule has 0 aromatic heterocycles. The van der Waals surface area contributed by atoms with Crippen LogP contribution in [-0.4, -0.2) is 19.7 Å². The number of hydrogen-bond donors (Lipinski definition) is 1. The van der Waals surface area contributed by atoms with E-state index in [9.17, 15) is 8.42 Å². The van der Waals surface area contributed by atoms with Crippen molar-refractivity contribution in [2.45, 2.75) is 22.5 Å². The van der Waals surface area contributed by atoms with E-state index in [-0.39, 0.29) is 0 Å². The lowest BCUT2D eigenvalue weighted by atomic mass is 10.3. The summed E-state index contributed by atoms with van der Waals surface area (Å²) in [5.74, 6) is 0. The summed E-state index contributed by atoms with van der Waals surface area (Å²) in [5.41, 5.74) is 0.678. The van der Waals surface area contributed by atoms with Crippen LogP contribution in [0.4, 0.5) is 5.69 Å². The van der Waals surface area contributed by atoms with Crippen molar-refractivity contribution in [1.82, 2.24) is 0 Å². The molecule has 1 spiro atoms. The normalized spacial score (nSPS) is 24.3. The summed E-state index contributed by atoms with van der Waals surface area (Å²) in [4.78, 5) is 0.360. The van der Waals surface area contributed by atoms with Crippen LogP contribution < -0.4 is 5.32 Å². The van der Waals surface area contributed by atoms with E-state index < -0.39 is 14.6 Å². The smallest absolute Gasteiger partial charge is 0.187 e. The van der Waals surface area contributed by atoms with Gasteiger partial charge in [-0.05, 0) is 31.0 Å². The second kappa shape index (κ2) is 2.68. The zero-order valence-electron chi connectivity index (χ0n) is 7.96. The van der Waals surface area contributed by atoms with Crippen LogP contribution in [-0.2, 0) is 9.84 Å². The molecule has 1 aromatic rings. The second-order valence-corrected chi connectivity index (χ2v) is 6.93. The van der Waals surface area contributed by atoms with Crippen molar-refractivity contribution < 1.29 is 8.42 Å². The first-order chi connectivity index (χ1) is 7.05. The largest absolute Gasteiger partial charge is 0.382 e. The maximum Gasteiger partial charge on any atom is 0.187 e. The molecule has 1 heterocycles. The lowest BCUT2D eigenvalue weighted by Gasteiger charge is -2.26. The monoisotopic (exact) mass is 243 g/mol. The Kier molecular flexibility index (Phi) is 1.70. The second-order valence-electron chi connectivity index (χ2n) is 4.18. The molecular weight excluding hydrogens is 234 g/mol. The van der Waals surface area contributed by atoms with Gasteiger partial charge in [-0.15, -0.1) is 0 Å². The van der Waals surface area contributed by atoms with E-state index in [1.807, 2.05) is 0 Å². The van der Waals surface area contributed by atoms with Crippen molar-refractivity contribution in [2.75, 3.05) is 11.9 Å². The third kappa shape index (κ3) is 1.15. The number of nitrogens with one attached hydrogen (secondary N) is 1. The van der Waals surface area contributed by atoms with Gasteiger partial charge in [-0.3, -0.25) is 0 Å². The molecule has 3 rings (SSSR count). The number of rotatable bonds is 0. The number of sulfone groups is 1. The van der Waals surface area contributed by atoms with Crippen molar-refractivity contribution in [2.24, 2.45) is 0 Å². The summed E-state index contributed by atoms with van der Waals surface area (Å²) >= 11 is 5.83. The van der Waals surface area contributed by atoms with Gasteiger partial charge >= 0.3 is 0 Å². The number of anilines is 1. The fourth-order valence-corrected chi connectivity index (χ4v) is 4.35. The van der Waals surface area contributed by atoms with Crippen molar-refractivity contribution in [3.05, 3.63) is 23.2 Å². The van der Waals surface area contributed by atoms with Crippen LogP contribution >= 0.6 is 11.6 Å². The van der Waals surface area contributed by atoms with Crippen LogP contribution in [0.3, 0.4) is 0 Å². The molecule has 0 atom stereocenters. The number of halogens is 1. The van der Waals surface area contributed by atoms with E-state index in [1.54, 1.807) is 18.2 Å². The molecule has 0 saturated heterocycles. The van der Waals surface area contributed by atoms with Crippen LogP contribution in [0.15, 0.2) is 23.1 Å². The molecule has 1 fully saturated rings. The van der Waals surface area contributed by atoms with Crippen LogP contribution in [0.25, 0.3) is 0 Å².